The van der Waals surface area contributed by atoms with E-state index in [1.165, 1.54) is 11.4 Å². The summed E-state index contributed by atoms with van der Waals surface area (Å²) in [7, 11) is 0. The molecule has 0 radical (unpaired) electrons. The van der Waals surface area contributed by atoms with Gasteiger partial charge < -0.3 is 22.7 Å². The SMILES string of the molecule is Cc1n(CCCc2ccccc2)cc[n+]1[C@@H]1CC[C@H](C(C(N)=O)(c2ccccc2)c2ccccc2)C1.[Br-]. The van der Waals surface area contributed by atoms with Crippen LogP contribution in [0.25, 0.3) is 0 Å². The number of primary amides is 1. The van der Waals surface area contributed by atoms with Crippen molar-refractivity contribution >= 4 is 5.91 Å². The number of imidazole rings is 1. The highest BCUT2D eigenvalue weighted by Crippen LogP contribution is 2.48. The summed E-state index contributed by atoms with van der Waals surface area (Å²) in [5.74, 6) is 1.15. The minimum atomic E-state index is -0.829. The molecule has 0 saturated heterocycles. The molecule has 0 bridgehead atoms. The van der Waals surface area contributed by atoms with Gasteiger partial charge in [0, 0.05) is 6.92 Å². The Morgan fingerprint density at radius 3 is 2.05 bits per heavy atom. The van der Waals surface area contributed by atoms with Crippen LogP contribution in [0.15, 0.2) is 103 Å². The van der Waals surface area contributed by atoms with E-state index in [9.17, 15) is 4.79 Å². The smallest absolute Gasteiger partial charge is 0.253 e. The number of aryl methyl sites for hydroxylation is 2. The molecule has 37 heavy (non-hydrogen) atoms. The highest BCUT2D eigenvalue weighted by Gasteiger charge is 2.51. The molecule has 4 aromatic rings. The van der Waals surface area contributed by atoms with Gasteiger partial charge >= 0.3 is 0 Å². The van der Waals surface area contributed by atoms with Gasteiger partial charge in [0.25, 0.3) is 5.82 Å². The molecule has 1 aliphatic carbocycles. The normalized spacial score (nSPS) is 17.3. The third-order valence-corrected chi connectivity index (χ3v) is 8.16. The Bertz CT molecular complexity index is 1250. The largest absolute Gasteiger partial charge is 1.00 e. The highest BCUT2D eigenvalue weighted by molar-refractivity contribution is 5.91. The summed E-state index contributed by atoms with van der Waals surface area (Å²) in [6, 6.07) is 31.3. The molecule has 3 aromatic carbocycles. The van der Waals surface area contributed by atoms with Gasteiger partial charge in [0.2, 0.25) is 5.91 Å². The number of carbonyl (C=O) groups is 1. The molecule has 5 heteroatoms. The van der Waals surface area contributed by atoms with Crippen molar-refractivity contribution in [3.8, 4) is 0 Å². The lowest BCUT2D eigenvalue weighted by Gasteiger charge is -2.37. The van der Waals surface area contributed by atoms with Crippen molar-refractivity contribution in [1.82, 2.24) is 4.57 Å². The number of carbonyl (C=O) groups excluding carboxylic acids is 1. The molecule has 2 N–H and O–H groups in total. The second-order valence-electron chi connectivity index (χ2n) is 10.1. The van der Waals surface area contributed by atoms with E-state index in [-0.39, 0.29) is 28.8 Å². The number of nitrogens with two attached hydrogens (primary N) is 1. The molecule has 5 rings (SSSR count). The predicted octanol–water partition coefficient (Wildman–Crippen LogP) is 2.53. The summed E-state index contributed by atoms with van der Waals surface area (Å²) in [5.41, 5.74) is 8.83. The van der Waals surface area contributed by atoms with Crippen LogP contribution in [0.3, 0.4) is 0 Å². The van der Waals surface area contributed by atoms with Crippen LogP contribution in [0.5, 0.6) is 0 Å². The maximum Gasteiger partial charge on any atom is 0.253 e. The summed E-state index contributed by atoms with van der Waals surface area (Å²) in [5, 5.41) is 0. The molecular weight excluding hydrogens is 522 g/mol. The second-order valence-corrected chi connectivity index (χ2v) is 10.1. The fourth-order valence-electron chi connectivity index (χ4n) is 6.37. The van der Waals surface area contributed by atoms with E-state index in [0.717, 1.165) is 49.8 Å². The molecular formula is C32H36BrN3O. The van der Waals surface area contributed by atoms with Crippen molar-refractivity contribution in [2.24, 2.45) is 11.7 Å². The number of aromatic nitrogens is 2. The van der Waals surface area contributed by atoms with E-state index < -0.39 is 5.41 Å². The lowest BCUT2D eigenvalue weighted by atomic mass is 9.64. The van der Waals surface area contributed by atoms with Gasteiger partial charge in [-0.2, -0.15) is 0 Å². The third-order valence-electron chi connectivity index (χ3n) is 8.16. The Hall–Kier alpha value is -3.18. The number of benzene rings is 3. The molecule has 1 amide bonds. The van der Waals surface area contributed by atoms with Crippen molar-refractivity contribution < 1.29 is 26.3 Å². The number of halogens is 1. The van der Waals surface area contributed by atoms with Gasteiger partial charge in [-0.3, -0.25) is 4.79 Å². The quantitative estimate of drug-likeness (QED) is 0.316. The lowest BCUT2D eigenvalue weighted by molar-refractivity contribution is -0.727. The molecule has 192 valence electrons. The Labute approximate surface area is 230 Å². The number of hydrogen-bond acceptors (Lipinski definition) is 1. The number of amides is 1. The molecule has 0 unspecified atom stereocenters. The molecule has 0 spiro atoms. The van der Waals surface area contributed by atoms with E-state index >= 15 is 0 Å². The van der Waals surface area contributed by atoms with Crippen molar-refractivity contribution in [2.45, 2.75) is 57.0 Å². The number of rotatable bonds is 9. The monoisotopic (exact) mass is 557 g/mol. The Balaban J connectivity index is 0.00000320. The van der Waals surface area contributed by atoms with Crippen LogP contribution < -0.4 is 27.3 Å². The van der Waals surface area contributed by atoms with Gasteiger partial charge in [-0.25, -0.2) is 9.13 Å². The van der Waals surface area contributed by atoms with Crippen LogP contribution >= 0.6 is 0 Å². The predicted molar refractivity (Wildman–Crippen MR) is 143 cm³/mol. The molecule has 4 nitrogen and oxygen atoms in total. The standard InChI is InChI=1S/C32H35N3O.BrH/c1-25-34(21-11-14-26-12-5-2-6-13-26)22-23-35(25)30-20-19-29(24-30)32(31(33)36,27-15-7-3-8-16-27)28-17-9-4-10-18-28;/h2-10,12-13,15-18,22-23,29-30H,11,14,19-21,24H2,1H3,(H-,33,36);1H/t29-,30+;/m0./s1. The van der Waals surface area contributed by atoms with Crippen molar-refractivity contribution in [3.63, 3.8) is 0 Å². The zero-order chi connectivity index (χ0) is 25.0. The van der Waals surface area contributed by atoms with E-state index in [0.29, 0.717) is 6.04 Å². The van der Waals surface area contributed by atoms with Crippen LogP contribution in [0.1, 0.15) is 54.2 Å². The summed E-state index contributed by atoms with van der Waals surface area (Å²) in [4.78, 5) is 13.4. The lowest BCUT2D eigenvalue weighted by Crippen LogP contribution is -3.00. The zero-order valence-corrected chi connectivity index (χ0v) is 23.1. The Morgan fingerprint density at radius 2 is 1.49 bits per heavy atom. The molecule has 1 fully saturated rings. The summed E-state index contributed by atoms with van der Waals surface area (Å²) in [6.45, 7) is 3.22. The van der Waals surface area contributed by atoms with E-state index in [1.807, 2.05) is 36.4 Å². The molecule has 2 atom stereocenters. The van der Waals surface area contributed by atoms with Gasteiger partial charge in [-0.05, 0) is 54.7 Å². The van der Waals surface area contributed by atoms with Crippen LogP contribution in [0.2, 0.25) is 0 Å². The van der Waals surface area contributed by atoms with Crippen molar-refractivity contribution in [2.75, 3.05) is 0 Å². The molecule has 1 heterocycles. The fraction of sp³-hybridized carbons (Fsp3) is 0.312. The topological polar surface area (TPSA) is 51.9 Å². The average Bonchev–Trinajstić information content (AvgIpc) is 3.53. The first-order chi connectivity index (χ1) is 17.6. The van der Waals surface area contributed by atoms with E-state index in [4.69, 9.17) is 5.73 Å². The summed E-state index contributed by atoms with van der Waals surface area (Å²) < 4.78 is 4.79. The first-order valence-corrected chi connectivity index (χ1v) is 13.1. The average molecular weight is 559 g/mol. The van der Waals surface area contributed by atoms with Crippen LogP contribution in [0, 0.1) is 12.8 Å². The number of nitrogens with zero attached hydrogens (tertiary/aromatic N) is 2. The first-order valence-electron chi connectivity index (χ1n) is 13.1. The van der Waals surface area contributed by atoms with E-state index in [1.54, 1.807) is 0 Å². The van der Waals surface area contributed by atoms with Crippen molar-refractivity contribution in [1.29, 1.82) is 0 Å². The summed E-state index contributed by atoms with van der Waals surface area (Å²) in [6.07, 6.45) is 9.55. The molecule has 1 aliphatic rings. The van der Waals surface area contributed by atoms with Gasteiger partial charge in [-0.1, -0.05) is 91.0 Å². The van der Waals surface area contributed by atoms with E-state index in [2.05, 4.69) is 83.0 Å². The van der Waals surface area contributed by atoms with Crippen molar-refractivity contribution in [3.05, 3.63) is 126 Å². The molecule has 0 aliphatic heterocycles. The maximum absolute atomic E-state index is 13.4. The van der Waals surface area contributed by atoms with Crippen LogP contribution in [0.4, 0.5) is 0 Å². The third kappa shape index (κ3) is 5.28. The van der Waals surface area contributed by atoms with Gasteiger partial charge in [-0.15, -0.1) is 0 Å². The van der Waals surface area contributed by atoms with Gasteiger partial charge in [0.05, 0.1) is 6.54 Å². The second kappa shape index (κ2) is 11.9. The summed E-state index contributed by atoms with van der Waals surface area (Å²) >= 11 is 0. The first kappa shape index (κ1) is 26.9. The minimum absolute atomic E-state index is 0. The fourth-order valence-corrected chi connectivity index (χ4v) is 6.37. The Kier molecular flexibility index (Phi) is 8.65. The highest BCUT2D eigenvalue weighted by atomic mass is 79.9. The zero-order valence-electron chi connectivity index (χ0n) is 21.5. The van der Waals surface area contributed by atoms with Gasteiger partial charge in [0.1, 0.15) is 23.9 Å². The molecule has 1 aromatic heterocycles. The number of hydrogen-bond donors (Lipinski definition) is 1. The Morgan fingerprint density at radius 1 is 0.919 bits per heavy atom. The minimum Gasteiger partial charge on any atom is -1.00 e. The van der Waals surface area contributed by atoms with Crippen LogP contribution in [-0.4, -0.2) is 10.5 Å². The molecule has 1 saturated carbocycles. The van der Waals surface area contributed by atoms with Gasteiger partial charge in [0.15, 0.2) is 0 Å². The van der Waals surface area contributed by atoms with Crippen LogP contribution in [-0.2, 0) is 23.2 Å². The maximum atomic E-state index is 13.4.